The summed E-state index contributed by atoms with van der Waals surface area (Å²) < 4.78 is 4.45. The second-order valence-electron chi connectivity index (χ2n) is 2.99. The van der Waals surface area contributed by atoms with Gasteiger partial charge in [-0.25, -0.2) is 4.79 Å². The minimum atomic E-state index is -1.06. The Labute approximate surface area is 121 Å². The molecule has 0 spiro atoms. The van der Waals surface area contributed by atoms with Crippen molar-refractivity contribution in [2.45, 2.75) is 6.92 Å². The summed E-state index contributed by atoms with van der Waals surface area (Å²) in [5.41, 5.74) is 0.134. The summed E-state index contributed by atoms with van der Waals surface area (Å²) in [6.45, 7) is 1.64. The molecule has 0 aliphatic rings. The van der Waals surface area contributed by atoms with Gasteiger partial charge in [-0.05, 0) is 24.8 Å². The van der Waals surface area contributed by atoms with Crippen molar-refractivity contribution in [3.05, 3.63) is 40.9 Å². The summed E-state index contributed by atoms with van der Waals surface area (Å²) in [5.74, 6) is -2.70. The number of hydrogen-bond acceptors (Lipinski definition) is 5. The van der Waals surface area contributed by atoms with Gasteiger partial charge in [-0.2, -0.15) is 0 Å². The number of nitrogens with zero attached hydrogens (tertiary/aromatic N) is 1. The Hall–Kier alpha value is -1.28. The summed E-state index contributed by atoms with van der Waals surface area (Å²) in [4.78, 5) is 26.2. The first-order chi connectivity index (χ1) is 8.04. The number of carbonyl (C=O) groups excluding carboxylic acids is 2. The number of pyridine rings is 1. The van der Waals surface area contributed by atoms with Crippen molar-refractivity contribution >= 4 is 23.4 Å². The number of halogens is 1. The van der Waals surface area contributed by atoms with E-state index in [1.54, 1.807) is 6.92 Å². The zero-order chi connectivity index (χ0) is 12.8. The number of allylic oxidation sites excluding steroid dienone is 1. The van der Waals surface area contributed by atoms with E-state index in [4.69, 9.17) is 11.6 Å². The molecule has 0 aliphatic heterocycles. The minimum absolute atomic E-state index is 0. The maximum atomic E-state index is 11.5. The van der Waals surface area contributed by atoms with Crippen molar-refractivity contribution in [2.75, 3.05) is 6.61 Å². The number of aromatic nitrogens is 1. The van der Waals surface area contributed by atoms with Gasteiger partial charge in [-0.3, -0.25) is 9.78 Å². The third-order valence-corrected chi connectivity index (χ3v) is 1.93. The molecule has 1 aromatic heterocycles. The zero-order valence-corrected chi connectivity index (χ0v) is 10.7. The van der Waals surface area contributed by atoms with Gasteiger partial charge in [0.2, 0.25) is 0 Å². The number of rotatable bonds is 4. The van der Waals surface area contributed by atoms with E-state index in [2.05, 4.69) is 9.72 Å². The summed E-state index contributed by atoms with van der Waals surface area (Å²) in [6, 6.07) is 1.35. The number of ketones is 1. The maximum absolute atomic E-state index is 11.5. The summed E-state index contributed by atoms with van der Waals surface area (Å²) in [5, 5.41) is 11.5. The van der Waals surface area contributed by atoms with Crippen molar-refractivity contribution < 1.29 is 38.3 Å². The van der Waals surface area contributed by atoms with Crippen LogP contribution >= 0.6 is 11.6 Å². The maximum Gasteiger partial charge on any atom is 1.00 e. The molecule has 0 amide bonds. The Morgan fingerprint density at radius 3 is 2.72 bits per heavy atom. The van der Waals surface area contributed by atoms with Gasteiger partial charge < -0.3 is 9.84 Å². The average molecular weight is 262 g/mol. The van der Waals surface area contributed by atoms with Crippen LogP contribution in [-0.4, -0.2) is 23.3 Å². The van der Waals surface area contributed by atoms with Crippen molar-refractivity contribution in [3.8, 4) is 0 Å². The zero-order valence-electron chi connectivity index (χ0n) is 9.97. The van der Waals surface area contributed by atoms with Crippen LogP contribution in [-0.2, 0) is 9.53 Å². The van der Waals surface area contributed by atoms with Crippen molar-refractivity contribution in [3.63, 3.8) is 0 Å². The SMILES string of the molecule is CCOC(=O)C([O-])=CC(=O)c1cncc(Cl)c1.[Li+]. The third-order valence-electron chi connectivity index (χ3n) is 1.73. The molecule has 0 saturated heterocycles. The van der Waals surface area contributed by atoms with E-state index in [0.29, 0.717) is 6.08 Å². The molecule has 0 radical (unpaired) electrons. The van der Waals surface area contributed by atoms with Crippen LogP contribution in [0.25, 0.3) is 0 Å². The van der Waals surface area contributed by atoms with E-state index in [0.717, 1.165) is 0 Å². The van der Waals surface area contributed by atoms with E-state index < -0.39 is 17.5 Å². The van der Waals surface area contributed by atoms with Crippen LogP contribution in [0.1, 0.15) is 17.3 Å². The summed E-state index contributed by atoms with van der Waals surface area (Å²) in [7, 11) is 0. The number of esters is 1. The molecule has 7 heteroatoms. The van der Waals surface area contributed by atoms with Crippen LogP contribution in [0, 0.1) is 0 Å². The van der Waals surface area contributed by atoms with Crippen molar-refractivity contribution in [1.29, 1.82) is 0 Å². The van der Waals surface area contributed by atoms with Gasteiger partial charge in [0.25, 0.3) is 0 Å². The molecule has 1 rings (SSSR count). The van der Waals surface area contributed by atoms with E-state index >= 15 is 0 Å². The van der Waals surface area contributed by atoms with Crippen LogP contribution in [0.15, 0.2) is 30.3 Å². The van der Waals surface area contributed by atoms with Crippen molar-refractivity contribution in [1.82, 2.24) is 4.98 Å². The van der Waals surface area contributed by atoms with Gasteiger partial charge in [-0.1, -0.05) is 11.6 Å². The molecular formula is C11H9ClLiNO4. The normalized spacial score (nSPS) is 10.4. The van der Waals surface area contributed by atoms with Crippen LogP contribution in [0.2, 0.25) is 5.02 Å². The molecule has 0 N–H and O–H groups in total. The largest absolute Gasteiger partial charge is 1.00 e. The fraction of sp³-hybridized carbons (Fsp3) is 0.182. The minimum Gasteiger partial charge on any atom is -0.867 e. The number of ether oxygens (including phenoxy) is 1. The van der Waals surface area contributed by atoms with Crippen LogP contribution in [0.5, 0.6) is 0 Å². The first-order valence-electron chi connectivity index (χ1n) is 4.75. The third kappa shape index (κ3) is 4.92. The number of carbonyl (C=O) groups is 2. The van der Waals surface area contributed by atoms with Gasteiger partial charge >= 0.3 is 24.8 Å². The standard InChI is InChI=1S/C11H10ClNO4.Li/c1-2-17-11(16)10(15)4-9(14)7-3-8(12)6-13-5-7;/h3-6,15H,2H2,1H3;/q;+1/p-1. The Morgan fingerprint density at radius 1 is 1.50 bits per heavy atom. The topological polar surface area (TPSA) is 79.3 Å². The Balaban J connectivity index is 0.00000289. The van der Waals surface area contributed by atoms with Gasteiger partial charge in [0.05, 0.1) is 11.6 Å². The van der Waals surface area contributed by atoms with Crippen LogP contribution in [0.3, 0.4) is 0 Å². The van der Waals surface area contributed by atoms with E-state index in [-0.39, 0.29) is 36.1 Å². The Bertz CT molecular complexity index is 476. The predicted octanol–water partition coefficient (Wildman–Crippen LogP) is -2.27. The van der Waals surface area contributed by atoms with E-state index in [9.17, 15) is 14.7 Å². The Kier molecular flexibility index (Phi) is 7.37. The average Bonchev–Trinajstić information content (AvgIpc) is 2.29. The monoisotopic (exact) mass is 261 g/mol. The van der Waals surface area contributed by atoms with Gasteiger partial charge in [0.15, 0.2) is 5.78 Å². The van der Waals surface area contributed by atoms with Gasteiger partial charge in [-0.15, -0.1) is 0 Å². The molecule has 18 heavy (non-hydrogen) atoms. The molecule has 0 atom stereocenters. The first kappa shape index (κ1) is 16.7. The second-order valence-corrected chi connectivity index (χ2v) is 3.42. The van der Waals surface area contributed by atoms with E-state index in [1.165, 1.54) is 18.5 Å². The molecule has 0 unspecified atom stereocenters. The molecule has 1 aromatic rings. The molecule has 0 bridgehead atoms. The molecule has 0 aromatic carbocycles. The summed E-state index contributed by atoms with van der Waals surface area (Å²) >= 11 is 5.63. The molecular weight excluding hydrogens is 253 g/mol. The molecule has 0 aliphatic carbocycles. The molecule has 5 nitrogen and oxygen atoms in total. The van der Waals surface area contributed by atoms with Crippen LogP contribution < -0.4 is 24.0 Å². The Morgan fingerprint density at radius 2 is 2.17 bits per heavy atom. The molecule has 0 saturated carbocycles. The smallest absolute Gasteiger partial charge is 0.867 e. The van der Waals surface area contributed by atoms with E-state index in [1.807, 2.05) is 0 Å². The fourth-order valence-corrected chi connectivity index (χ4v) is 1.18. The quantitative estimate of drug-likeness (QED) is 0.201. The van der Waals surface area contributed by atoms with Crippen molar-refractivity contribution in [2.24, 2.45) is 0 Å². The van der Waals surface area contributed by atoms with Gasteiger partial charge in [0.1, 0.15) is 0 Å². The van der Waals surface area contributed by atoms with Gasteiger partial charge in [0, 0.05) is 18.0 Å². The molecule has 1 heterocycles. The molecule has 0 fully saturated rings. The molecule has 90 valence electrons. The fourth-order valence-electron chi connectivity index (χ4n) is 1.01. The van der Waals surface area contributed by atoms with Crippen LogP contribution in [0.4, 0.5) is 0 Å². The first-order valence-corrected chi connectivity index (χ1v) is 5.13. The summed E-state index contributed by atoms with van der Waals surface area (Å²) in [6.07, 6.45) is 3.26. The predicted molar refractivity (Wildman–Crippen MR) is 58.3 cm³/mol. The number of hydrogen-bond donors (Lipinski definition) is 0. The second kappa shape index (κ2) is 7.93.